The predicted molar refractivity (Wildman–Crippen MR) is 135 cm³/mol. The number of hydrogen-bond donors (Lipinski definition) is 0. The summed E-state index contributed by atoms with van der Waals surface area (Å²) in [5.41, 5.74) is 4.35. The molecule has 0 spiro atoms. The van der Waals surface area contributed by atoms with E-state index in [0.29, 0.717) is 6.04 Å². The number of halogens is 1. The highest BCUT2D eigenvalue weighted by atomic mass is 35.5. The van der Waals surface area contributed by atoms with E-state index in [9.17, 15) is 5.26 Å². The fourth-order valence-corrected chi connectivity index (χ4v) is 4.16. The Balaban J connectivity index is 0.00000512. The molecule has 0 aliphatic carbocycles. The monoisotopic (exact) mass is 458 g/mol. The second-order valence-corrected chi connectivity index (χ2v) is 8.94. The van der Waals surface area contributed by atoms with Gasteiger partial charge in [0.25, 0.3) is 0 Å². The molecule has 2 aromatic carbocycles. The Kier molecular flexibility index (Phi) is 10.5. The number of hydrogen-bond acceptors (Lipinski definition) is 4. The number of aryl methyl sites for hydroxylation is 2. The summed E-state index contributed by atoms with van der Waals surface area (Å²) in [5, 5.41) is 10.3. The highest BCUT2D eigenvalue weighted by Gasteiger charge is 2.36. The molecule has 176 valence electrons. The minimum absolute atomic E-state index is 0. The predicted octanol–water partition coefficient (Wildman–Crippen LogP) is 6.63. The van der Waals surface area contributed by atoms with E-state index in [2.05, 4.69) is 70.8 Å². The third-order valence-corrected chi connectivity index (χ3v) is 6.81. The molecule has 0 amide bonds. The van der Waals surface area contributed by atoms with E-state index in [1.54, 1.807) is 14.2 Å². The van der Waals surface area contributed by atoms with Gasteiger partial charge in [0.15, 0.2) is 0 Å². The molecule has 0 aliphatic heterocycles. The van der Waals surface area contributed by atoms with Crippen LogP contribution in [0.2, 0.25) is 0 Å². The summed E-state index contributed by atoms with van der Waals surface area (Å²) >= 11 is 0. The zero-order valence-electron chi connectivity index (χ0n) is 20.9. The van der Waals surface area contributed by atoms with E-state index in [4.69, 9.17) is 9.47 Å². The topological polar surface area (TPSA) is 45.5 Å². The first-order valence-electron chi connectivity index (χ1n) is 11.1. The largest absolute Gasteiger partial charge is 0.497 e. The van der Waals surface area contributed by atoms with Gasteiger partial charge in [-0.1, -0.05) is 32.0 Å². The van der Waals surface area contributed by atoms with E-state index in [1.807, 2.05) is 18.2 Å². The fraction of sp³-hybridized carbons (Fsp3) is 0.519. The van der Waals surface area contributed by atoms with Crippen molar-refractivity contribution in [2.45, 2.75) is 58.9 Å². The second kappa shape index (κ2) is 12.1. The second-order valence-electron chi connectivity index (χ2n) is 8.94. The molecule has 0 bridgehead atoms. The van der Waals surface area contributed by atoms with Gasteiger partial charge in [-0.05, 0) is 87.5 Å². The summed E-state index contributed by atoms with van der Waals surface area (Å²) in [6, 6.07) is 15.5. The van der Waals surface area contributed by atoms with Crippen molar-refractivity contribution in [2.75, 3.05) is 27.8 Å². The third-order valence-electron chi connectivity index (χ3n) is 6.81. The van der Waals surface area contributed by atoms with Gasteiger partial charge in [-0.15, -0.1) is 12.4 Å². The summed E-state index contributed by atoms with van der Waals surface area (Å²) in [6.45, 7) is 11.7. The van der Waals surface area contributed by atoms with Gasteiger partial charge in [-0.25, -0.2) is 0 Å². The molecule has 5 heteroatoms. The molecule has 2 unspecified atom stereocenters. The molecular weight excluding hydrogens is 420 g/mol. The van der Waals surface area contributed by atoms with Gasteiger partial charge in [0.2, 0.25) is 0 Å². The number of benzene rings is 2. The maximum absolute atomic E-state index is 10.3. The molecule has 2 rings (SSSR count). The van der Waals surface area contributed by atoms with E-state index in [0.717, 1.165) is 36.4 Å². The van der Waals surface area contributed by atoms with Crippen LogP contribution in [-0.2, 0) is 5.41 Å². The van der Waals surface area contributed by atoms with Crippen LogP contribution in [0.25, 0.3) is 0 Å². The first-order chi connectivity index (χ1) is 14.7. The van der Waals surface area contributed by atoms with E-state index in [-0.39, 0.29) is 18.3 Å². The molecule has 0 fully saturated rings. The number of nitriles is 1. The SMILES string of the molecule is COc1cc(OC)cc(C(C#N)(CCCN(C)C(C)c2ccc(C)c(C)c2)C(C)C)c1.Cl. The number of rotatable bonds is 10. The standard InChI is InChI=1S/C27H38N2O2.ClH/c1-19(2)27(18-28,24-15-25(30-7)17-26(16-24)31-8)12-9-13-29(6)22(5)23-11-10-20(3)21(4)14-23;/h10-11,14-17,19,22H,9,12-13H2,1-8H3;1H. The van der Waals surface area contributed by atoms with Crippen molar-refractivity contribution in [3.63, 3.8) is 0 Å². The van der Waals surface area contributed by atoms with Gasteiger partial charge in [-0.3, -0.25) is 4.90 Å². The van der Waals surface area contributed by atoms with E-state index >= 15 is 0 Å². The van der Waals surface area contributed by atoms with Crippen LogP contribution in [0.4, 0.5) is 0 Å². The summed E-state index contributed by atoms with van der Waals surface area (Å²) in [5.74, 6) is 1.60. The molecular formula is C27H39ClN2O2. The molecule has 4 nitrogen and oxygen atoms in total. The maximum Gasteiger partial charge on any atom is 0.122 e. The van der Waals surface area contributed by atoms with Crippen LogP contribution >= 0.6 is 12.4 Å². The Bertz CT molecular complexity index is 900. The van der Waals surface area contributed by atoms with Crippen molar-refractivity contribution in [1.29, 1.82) is 5.26 Å². The van der Waals surface area contributed by atoms with Crippen LogP contribution in [0, 0.1) is 31.1 Å². The van der Waals surface area contributed by atoms with Crippen LogP contribution < -0.4 is 9.47 Å². The van der Waals surface area contributed by atoms with Crippen molar-refractivity contribution in [3.05, 3.63) is 58.7 Å². The van der Waals surface area contributed by atoms with Gasteiger partial charge in [0.05, 0.1) is 25.7 Å². The molecule has 0 saturated heterocycles. The molecule has 2 aromatic rings. The zero-order valence-corrected chi connectivity index (χ0v) is 21.7. The molecule has 0 radical (unpaired) electrons. The Hall–Kier alpha value is -2.22. The average molecular weight is 459 g/mol. The van der Waals surface area contributed by atoms with E-state index < -0.39 is 5.41 Å². The first kappa shape index (κ1) is 27.8. The minimum atomic E-state index is -0.591. The normalized spacial score (nSPS) is 13.8. The number of methoxy groups -OCH3 is 2. The molecule has 0 saturated carbocycles. The fourth-order valence-electron chi connectivity index (χ4n) is 4.16. The van der Waals surface area contributed by atoms with Gasteiger partial charge >= 0.3 is 0 Å². The van der Waals surface area contributed by atoms with Gasteiger partial charge < -0.3 is 9.47 Å². The van der Waals surface area contributed by atoms with E-state index in [1.165, 1.54) is 16.7 Å². The van der Waals surface area contributed by atoms with Crippen LogP contribution in [-0.4, -0.2) is 32.7 Å². The lowest BCUT2D eigenvalue weighted by Gasteiger charge is -2.33. The smallest absolute Gasteiger partial charge is 0.122 e. The molecule has 0 N–H and O–H groups in total. The Morgan fingerprint density at radius 2 is 1.56 bits per heavy atom. The Labute approximate surface area is 200 Å². The van der Waals surface area contributed by atoms with Gasteiger partial charge in [-0.2, -0.15) is 5.26 Å². The molecule has 0 heterocycles. The van der Waals surface area contributed by atoms with Crippen LogP contribution in [0.1, 0.15) is 61.9 Å². The molecule has 0 aromatic heterocycles. The number of ether oxygens (including phenoxy) is 2. The van der Waals surface area contributed by atoms with Crippen LogP contribution in [0.15, 0.2) is 36.4 Å². The highest BCUT2D eigenvalue weighted by molar-refractivity contribution is 5.85. The summed E-state index contributed by atoms with van der Waals surface area (Å²) in [6.07, 6.45) is 1.71. The first-order valence-corrected chi connectivity index (χ1v) is 11.1. The van der Waals surface area contributed by atoms with Crippen molar-refractivity contribution >= 4 is 12.4 Å². The van der Waals surface area contributed by atoms with Crippen molar-refractivity contribution in [2.24, 2.45) is 5.92 Å². The Morgan fingerprint density at radius 3 is 2.03 bits per heavy atom. The molecule has 0 aliphatic rings. The summed E-state index contributed by atoms with van der Waals surface area (Å²) in [4.78, 5) is 2.37. The summed E-state index contributed by atoms with van der Waals surface area (Å²) < 4.78 is 10.9. The van der Waals surface area contributed by atoms with Gasteiger partial charge in [0.1, 0.15) is 11.5 Å². The quantitative estimate of drug-likeness (QED) is 0.400. The van der Waals surface area contributed by atoms with Gasteiger partial charge in [0, 0.05) is 12.1 Å². The highest BCUT2D eigenvalue weighted by Crippen LogP contribution is 2.40. The average Bonchev–Trinajstić information content (AvgIpc) is 2.77. The summed E-state index contributed by atoms with van der Waals surface area (Å²) in [7, 11) is 5.45. The van der Waals surface area contributed by atoms with Crippen molar-refractivity contribution < 1.29 is 9.47 Å². The lowest BCUT2D eigenvalue weighted by molar-refractivity contribution is 0.241. The van der Waals surface area contributed by atoms with Crippen LogP contribution in [0.3, 0.4) is 0 Å². The number of nitrogens with zero attached hydrogens (tertiary/aromatic N) is 2. The zero-order chi connectivity index (χ0) is 23.2. The lowest BCUT2D eigenvalue weighted by atomic mass is 9.69. The van der Waals surface area contributed by atoms with Crippen LogP contribution in [0.5, 0.6) is 11.5 Å². The lowest BCUT2D eigenvalue weighted by Crippen LogP contribution is -2.32. The molecule has 2 atom stereocenters. The Morgan fingerprint density at radius 1 is 0.969 bits per heavy atom. The van der Waals surface area contributed by atoms with Crippen molar-refractivity contribution in [1.82, 2.24) is 4.90 Å². The minimum Gasteiger partial charge on any atom is -0.497 e. The maximum atomic E-state index is 10.3. The molecule has 32 heavy (non-hydrogen) atoms. The van der Waals surface area contributed by atoms with Crippen molar-refractivity contribution in [3.8, 4) is 17.6 Å². The third kappa shape index (κ3) is 6.18.